The van der Waals surface area contributed by atoms with Crippen LogP contribution in [0.5, 0.6) is 5.75 Å². The Balaban J connectivity index is 1.62. The average Bonchev–Trinajstić information content (AvgIpc) is 3.35. The summed E-state index contributed by atoms with van der Waals surface area (Å²) in [5.74, 6) is 0.928. The van der Waals surface area contributed by atoms with Crippen molar-refractivity contribution in [3.63, 3.8) is 0 Å². The predicted molar refractivity (Wildman–Crippen MR) is 120 cm³/mol. The molecule has 0 amide bonds. The molecule has 0 unspecified atom stereocenters. The van der Waals surface area contributed by atoms with Gasteiger partial charge in [0.15, 0.2) is 10.9 Å². The maximum atomic E-state index is 13.3. The molecule has 6 nitrogen and oxygen atoms in total. The number of aryl methyl sites for hydroxylation is 2. The smallest absolute Gasteiger partial charge is 0.263 e. The highest BCUT2D eigenvalue weighted by Gasteiger charge is 2.23. The molecule has 1 aliphatic carbocycles. The van der Waals surface area contributed by atoms with Gasteiger partial charge in [0.25, 0.3) is 5.56 Å². The molecule has 2 heterocycles. The number of hydrogen-bond acceptors (Lipinski definition) is 7. The van der Waals surface area contributed by atoms with E-state index in [1.54, 1.807) is 54.4 Å². The van der Waals surface area contributed by atoms with E-state index < -0.39 is 0 Å². The predicted octanol–water partition coefficient (Wildman–Crippen LogP) is 3.97. The Morgan fingerprint density at radius 1 is 1.23 bits per heavy atom. The number of thiophene rings is 1. The van der Waals surface area contributed by atoms with E-state index >= 15 is 0 Å². The van der Waals surface area contributed by atoms with Gasteiger partial charge in [0, 0.05) is 30.7 Å². The lowest BCUT2D eigenvalue weighted by Crippen LogP contribution is -2.24. The number of ether oxygens (including phenoxy) is 2. The zero-order valence-corrected chi connectivity index (χ0v) is 18.7. The summed E-state index contributed by atoms with van der Waals surface area (Å²) in [7, 11) is 3.25. The standard InChI is InChI=1S/C22H24N2O4S2/c1-27-12-4-11-24-21(26)19-16-5-3-6-18(16)30-20(19)23-22(24)29-13-17(25)14-7-9-15(28-2)10-8-14/h7-10H,3-6,11-13H2,1-2H3. The van der Waals surface area contributed by atoms with Crippen LogP contribution in [-0.2, 0) is 24.1 Å². The molecule has 158 valence electrons. The summed E-state index contributed by atoms with van der Waals surface area (Å²) >= 11 is 2.95. The molecule has 30 heavy (non-hydrogen) atoms. The third-order valence-electron chi connectivity index (χ3n) is 5.26. The van der Waals surface area contributed by atoms with E-state index in [1.807, 2.05) is 0 Å². The molecule has 3 aromatic rings. The minimum atomic E-state index is -0.00545. The van der Waals surface area contributed by atoms with Crippen molar-refractivity contribution in [2.75, 3.05) is 26.6 Å². The Bertz CT molecular complexity index is 1120. The van der Waals surface area contributed by atoms with Crippen molar-refractivity contribution < 1.29 is 14.3 Å². The van der Waals surface area contributed by atoms with Gasteiger partial charge >= 0.3 is 0 Å². The van der Waals surface area contributed by atoms with Crippen LogP contribution in [0.1, 0.15) is 33.6 Å². The fraction of sp³-hybridized carbons (Fsp3) is 0.409. The van der Waals surface area contributed by atoms with Crippen molar-refractivity contribution in [2.45, 2.75) is 37.4 Å². The molecule has 0 saturated carbocycles. The summed E-state index contributed by atoms with van der Waals surface area (Å²) in [4.78, 5) is 32.9. The van der Waals surface area contributed by atoms with Crippen molar-refractivity contribution in [1.82, 2.24) is 9.55 Å². The van der Waals surface area contributed by atoms with Crippen LogP contribution in [-0.4, -0.2) is 41.9 Å². The van der Waals surface area contributed by atoms with Crippen molar-refractivity contribution in [1.29, 1.82) is 0 Å². The largest absolute Gasteiger partial charge is 0.497 e. The molecule has 0 fully saturated rings. The van der Waals surface area contributed by atoms with Gasteiger partial charge in [0.2, 0.25) is 0 Å². The Kier molecular flexibility index (Phi) is 6.55. The van der Waals surface area contributed by atoms with E-state index in [4.69, 9.17) is 14.5 Å². The van der Waals surface area contributed by atoms with Crippen LogP contribution < -0.4 is 10.3 Å². The van der Waals surface area contributed by atoms with Crippen LogP contribution in [0.4, 0.5) is 0 Å². The Labute approximate surface area is 183 Å². The van der Waals surface area contributed by atoms with E-state index in [0.29, 0.717) is 29.6 Å². The lowest BCUT2D eigenvalue weighted by Gasteiger charge is -2.12. The molecule has 0 spiro atoms. The molecule has 0 radical (unpaired) electrons. The van der Waals surface area contributed by atoms with Crippen molar-refractivity contribution >= 4 is 39.1 Å². The summed E-state index contributed by atoms with van der Waals surface area (Å²) in [5, 5.41) is 1.38. The summed E-state index contributed by atoms with van der Waals surface area (Å²) in [6.45, 7) is 1.10. The van der Waals surface area contributed by atoms with Gasteiger partial charge in [-0.05, 0) is 55.5 Å². The van der Waals surface area contributed by atoms with E-state index in [-0.39, 0.29) is 17.1 Å². The molecule has 0 aliphatic heterocycles. The number of Topliss-reactive ketones (excluding diaryl/α,β-unsaturated/α-hetero) is 1. The number of benzene rings is 1. The molecular formula is C22H24N2O4S2. The van der Waals surface area contributed by atoms with Crippen molar-refractivity contribution in [2.24, 2.45) is 0 Å². The number of fused-ring (bicyclic) bond motifs is 3. The molecule has 8 heteroatoms. The average molecular weight is 445 g/mol. The third-order valence-corrected chi connectivity index (χ3v) is 7.43. The van der Waals surface area contributed by atoms with E-state index in [0.717, 1.165) is 35.9 Å². The van der Waals surface area contributed by atoms with Gasteiger partial charge in [0.1, 0.15) is 10.6 Å². The number of carbonyl (C=O) groups is 1. The van der Waals surface area contributed by atoms with Gasteiger partial charge < -0.3 is 9.47 Å². The Hall–Kier alpha value is -2.16. The second-order valence-electron chi connectivity index (χ2n) is 7.18. The quantitative estimate of drug-likeness (QED) is 0.215. The highest BCUT2D eigenvalue weighted by molar-refractivity contribution is 7.99. The summed E-state index contributed by atoms with van der Waals surface area (Å²) in [5.41, 5.74) is 1.81. The number of rotatable bonds is 9. The topological polar surface area (TPSA) is 70.4 Å². The molecule has 2 aromatic heterocycles. The number of nitrogens with zero attached hydrogens (tertiary/aromatic N) is 2. The minimum Gasteiger partial charge on any atom is -0.497 e. The first-order valence-electron chi connectivity index (χ1n) is 9.96. The van der Waals surface area contributed by atoms with Crippen LogP contribution in [0.2, 0.25) is 0 Å². The first kappa shape index (κ1) is 21.1. The number of aromatic nitrogens is 2. The zero-order valence-electron chi connectivity index (χ0n) is 17.1. The molecule has 0 N–H and O–H groups in total. The lowest BCUT2D eigenvalue weighted by atomic mass is 10.1. The Morgan fingerprint density at radius 3 is 2.77 bits per heavy atom. The van der Waals surface area contributed by atoms with E-state index in [2.05, 4.69) is 0 Å². The highest BCUT2D eigenvalue weighted by Crippen LogP contribution is 2.35. The SMILES string of the molecule is COCCCn1c(SCC(=O)c2ccc(OC)cc2)nc2sc3c(c2c1=O)CCC3. The van der Waals surface area contributed by atoms with Gasteiger partial charge in [-0.2, -0.15) is 0 Å². The second kappa shape index (κ2) is 9.32. The maximum Gasteiger partial charge on any atom is 0.263 e. The molecule has 1 aliphatic rings. The normalized spacial score (nSPS) is 13.0. The van der Waals surface area contributed by atoms with Crippen molar-refractivity contribution in [3.05, 3.63) is 50.6 Å². The highest BCUT2D eigenvalue weighted by atomic mass is 32.2. The molecular weight excluding hydrogens is 420 g/mol. The van der Waals surface area contributed by atoms with Crippen LogP contribution in [0, 0.1) is 0 Å². The van der Waals surface area contributed by atoms with Gasteiger partial charge in [-0.3, -0.25) is 14.2 Å². The summed E-state index contributed by atoms with van der Waals surface area (Å²) in [6.07, 6.45) is 3.80. The number of hydrogen-bond donors (Lipinski definition) is 0. The van der Waals surface area contributed by atoms with E-state index in [1.165, 1.54) is 22.2 Å². The van der Waals surface area contributed by atoms with Gasteiger partial charge in [-0.15, -0.1) is 11.3 Å². The van der Waals surface area contributed by atoms with Gasteiger partial charge in [-0.25, -0.2) is 4.98 Å². The minimum absolute atomic E-state index is 0.00545. The lowest BCUT2D eigenvalue weighted by molar-refractivity contribution is 0.102. The number of thioether (sulfide) groups is 1. The first-order chi connectivity index (χ1) is 14.6. The monoisotopic (exact) mass is 444 g/mol. The summed E-state index contributed by atoms with van der Waals surface area (Å²) < 4.78 is 12.0. The number of carbonyl (C=O) groups excluding carboxylic acids is 1. The molecule has 4 rings (SSSR count). The fourth-order valence-electron chi connectivity index (χ4n) is 3.72. The number of methoxy groups -OCH3 is 2. The maximum absolute atomic E-state index is 13.3. The fourth-order valence-corrected chi connectivity index (χ4v) is 5.95. The Morgan fingerprint density at radius 2 is 2.03 bits per heavy atom. The molecule has 1 aromatic carbocycles. The van der Waals surface area contributed by atoms with Crippen LogP contribution in [0.25, 0.3) is 10.2 Å². The van der Waals surface area contributed by atoms with Crippen molar-refractivity contribution in [3.8, 4) is 5.75 Å². The zero-order chi connectivity index (χ0) is 21.1. The molecule has 0 bridgehead atoms. The third kappa shape index (κ3) is 4.17. The molecule has 0 atom stereocenters. The van der Waals surface area contributed by atoms with Crippen LogP contribution in [0.3, 0.4) is 0 Å². The van der Waals surface area contributed by atoms with Crippen LogP contribution in [0.15, 0.2) is 34.2 Å². The number of ketones is 1. The van der Waals surface area contributed by atoms with Crippen LogP contribution >= 0.6 is 23.1 Å². The van der Waals surface area contributed by atoms with Gasteiger partial charge in [0.05, 0.1) is 18.2 Å². The second-order valence-corrected chi connectivity index (χ2v) is 9.20. The first-order valence-corrected chi connectivity index (χ1v) is 11.8. The summed E-state index contributed by atoms with van der Waals surface area (Å²) in [6, 6.07) is 7.06. The molecule has 0 saturated heterocycles. The van der Waals surface area contributed by atoms with E-state index in [9.17, 15) is 9.59 Å². The van der Waals surface area contributed by atoms with Gasteiger partial charge in [-0.1, -0.05) is 11.8 Å².